The molecule has 96 valence electrons. The number of nitrogens with zero attached hydrogens (tertiary/aromatic N) is 2. The number of aromatic nitrogens is 2. The Morgan fingerprint density at radius 3 is 2.12 bits per heavy atom. The van der Waals surface area contributed by atoms with Crippen molar-refractivity contribution in [3.8, 4) is 0 Å². The molecule has 0 amide bonds. The van der Waals surface area contributed by atoms with Gasteiger partial charge in [0.05, 0.1) is 5.69 Å². The average molecular weight is 236 g/mol. The minimum absolute atomic E-state index is 0.0304. The molecule has 0 aliphatic rings. The Kier molecular flexibility index (Phi) is 4.46. The first kappa shape index (κ1) is 13.9. The molecule has 4 heteroatoms. The maximum atomic E-state index is 5.86. The van der Waals surface area contributed by atoms with Crippen LogP contribution in [-0.4, -0.2) is 15.7 Å². The average Bonchev–Trinajstić information content (AvgIpc) is 2.26. The predicted molar refractivity (Wildman–Crippen MR) is 72.1 cm³/mol. The Hall–Kier alpha value is -1.16. The highest BCUT2D eigenvalue weighted by Gasteiger charge is 2.17. The molecule has 0 unspecified atom stereocenters. The maximum Gasteiger partial charge on any atom is 0.153 e. The summed E-state index contributed by atoms with van der Waals surface area (Å²) in [6, 6.07) is 0. The molecule has 4 nitrogen and oxygen atoms in total. The van der Waals surface area contributed by atoms with E-state index in [0.717, 1.165) is 29.9 Å². The summed E-state index contributed by atoms with van der Waals surface area (Å²) in [6.45, 7) is 11.1. The van der Waals surface area contributed by atoms with E-state index < -0.39 is 0 Å². The summed E-state index contributed by atoms with van der Waals surface area (Å²) in [6.07, 6.45) is 1.85. The molecule has 17 heavy (non-hydrogen) atoms. The van der Waals surface area contributed by atoms with Crippen molar-refractivity contribution in [1.29, 1.82) is 0 Å². The molecule has 0 spiro atoms. The molecule has 1 rings (SSSR count). The Morgan fingerprint density at radius 1 is 1.06 bits per heavy atom. The van der Waals surface area contributed by atoms with Gasteiger partial charge in [-0.25, -0.2) is 0 Å². The van der Waals surface area contributed by atoms with Gasteiger partial charge in [0.15, 0.2) is 5.82 Å². The first-order chi connectivity index (χ1) is 7.92. The Bertz CT molecular complexity index is 380. The third-order valence-corrected chi connectivity index (χ3v) is 2.66. The van der Waals surface area contributed by atoms with E-state index in [2.05, 4.69) is 50.1 Å². The van der Waals surface area contributed by atoms with Gasteiger partial charge in [-0.1, -0.05) is 13.8 Å². The molecule has 1 aromatic heterocycles. The van der Waals surface area contributed by atoms with Crippen molar-refractivity contribution in [2.75, 3.05) is 5.32 Å². The monoisotopic (exact) mass is 236 g/mol. The first-order valence-electron chi connectivity index (χ1n) is 6.28. The third kappa shape index (κ3) is 3.40. The summed E-state index contributed by atoms with van der Waals surface area (Å²) in [7, 11) is 0. The van der Waals surface area contributed by atoms with Crippen molar-refractivity contribution in [2.24, 2.45) is 5.73 Å². The molecule has 3 N–H and O–H groups in total. The summed E-state index contributed by atoms with van der Waals surface area (Å²) >= 11 is 0. The lowest BCUT2D eigenvalue weighted by Gasteiger charge is -2.24. The smallest absolute Gasteiger partial charge is 0.153 e. The van der Waals surface area contributed by atoms with Gasteiger partial charge < -0.3 is 11.1 Å². The lowest BCUT2D eigenvalue weighted by atomic mass is 10.0. The highest BCUT2D eigenvalue weighted by molar-refractivity contribution is 5.50. The van der Waals surface area contributed by atoms with E-state index in [1.807, 2.05) is 0 Å². The van der Waals surface area contributed by atoms with E-state index in [-0.39, 0.29) is 5.54 Å². The van der Waals surface area contributed by atoms with Gasteiger partial charge in [-0.3, -0.25) is 0 Å². The summed E-state index contributed by atoms with van der Waals surface area (Å²) in [5, 5.41) is 11.9. The molecule has 1 aromatic rings. The van der Waals surface area contributed by atoms with Crippen molar-refractivity contribution in [3.05, 3.63) is 16.8 Å². The lowest BCUT2D eigenvalue weighted by molar-refractivity contribution is 0.624. The number of aryl methyl sites for hydroxylation is 1. The Morgan fingerprint density at radius 2 is 1.71 bits per heavy atom. The largest absolute Gasteiger partial charge is 0.364 e. The Balaban J connectivity index is 3.23. The van der Waals surface area contributed by atoms with Gasteiger partial charge in [0.2, 0.25) is 0 Å². The van der Waals surface area contributed by atoms with Crippen LogP contribution < -0.4 is 11.1 Å². The van der Waals surface area contributed by atoms with E-state index >= 15 is 0 Å². The fraction of sp³-hybridized carbons (Fsp3) is 0.692. The number of anilines is 1. The number of nitrogens with one attached hydrogen (secondary N) is 1. The van der Waals surface area contributed by atoms with Crippen LogP contribution in [0.1, 0.15) is 51.4 Å². The second-order valence-corrected chi connectivity index (χ2v) is 5.24. The molecular weight excluding hydrogens is 212 g/mol. The fourth-order valence-corrected chi connectivity index (χ4v) is 1.93. The Labute approximate surface area is 104 Å². The molecular formula is C13H24N4. The summed E-state index contributed by atoms with van der Waals surface area (Å²) in [4.78, 5) is 0. The van der Waals surface area contributed by atoms with Crippen LogP contribution in [0.3, 0.4) is 0 Å². The molecule has 1 heterocycles. The van der Waals surface area contributed by atoms with Crippen LogP contribution in [0.2, 0.25) is 0 Å². The van der Waals surface area contributed by atoms with Crippen molar-refractivity contribution in [1.82, 2.24) is 10.2 Å². The molecule has 0 aliphatic heterocycles. The van der Waals surface area contributed by atoms with Crippen molar-refractivity contribution >= 4 is 5.82 Å². The van der Waals surface area contributed by atoms with E-state index in [9.17, 15) is 0 Å². The first-order valence-corrected chi connectivity index (χ1v) is 6.28. The highest BCUT2D eigenvalue weighted by Crippen LogP contribution is 2.22. The van der Waals surface area contributed by atoms with E-state index in [4.69, 9.17) is 5.73 Å². The maximum absolute atomic E-state index is 5.86. The van der Waals surface area contributed by atoms with Gasteiger partial charge in [0, 0.05) is 17.6 Å². The van der Waals surface area contributed by atoms with Gasteiger partial charge in [-0.15, -0.1) is 5.10 Å². The number of nitrogens with two attached hydrogens (primary N) is 1. The highest BCUT2D eigenvalue weighted by atomic mass is 15.2. The van der Waals surface area contributed by atoms with Crippen LogP contribution in [0.25, 0.3) is 0 Å². The zero-order valence-corrected chi connectivity index (χ0v) is 11.6. The fourth-order valence-electron chi connectivity index (χ4n) is 1.93. The number of hydrogen-bond donors (Lipinski definition) is 2. The van der Waals surface area contributed by atoms with Crippen molar-refractivity contribution in [2.45, 2.75) is 59.5 Å². The second-order valence-electron chi connectivity index (χ2n) is 5.24. The van der Waals surface area contributed by atoms with Gasteiger partial charge in [-0.2, -0.15) is 5.10 Å². The molecule has 0 saturated heterocycles. The summed E-state index contributed by atoms with van der Waals surface area (Å²) < 4.78 is 0. The molecule has 0 radical (unpaired) electrons. The number of rotatable bonds is 4. The topological polar surface area (TPSA) is 63.8 Å². The molecule has 0 aromatic carbocycles. The van der Waals surface area contributed by atoms with E-state index in [1.54, 1.807) is 0 Å². The zero-order valence-electron chi connectivity index (χ0n) is 11.6. The van der Waals surface area contributed by atoms with Gasteiger partial charge >= 0.3 is 0 Å². The van der Waals surface area contributed by atoms with E-state index in [1.165, 1.54) is 5.56 Å². The standard InChI is InChI=1S/C13H24N4/c1-6-9-10(8-14)12(15-13(3,4)5)17-16-11(9)7-2/h6-8,14H2,1-5H3,(H,15,17). The van der Waals surface area contributed by atoms with Gasteiger partial charge in [-0.05, 0) is 39.2 Å². The van der Waals surface area contributed by atoms with Crippen LogP contribution in [0.15, 0.2) is 0 Å². The molecule has 0 aliphatic carbocycles. The van der Waals surface area contributed by atoms with Crippen molar-refractivity contribution in [3.63, 3.8) is 0 Å². The van der Waals surface area contributed by atoms with Gasteiger partial charge in [0.25, 0.3) is 0 Å². The normalized spacial score (nSPS) is 11.6. The molecule has 0 atom stereocenters. The summed E-state index contributed by atoms with van der Waals surface area (Å²) in [5.74, 6) is 0.828. The number of hydrogen-bond acceptors (Lipinski definition) is 4. The SMILES string of the molecule is CCc1nnc(NC(C)(C)C)c(CN)c1CC. The lowest BCUT2D eigenvalue weighted by Crippen LogP contribution is -2.28. The molecule has 0 saturated carbocycles. The second kappa shape index (κ2) is 5.45. The quantitative estimate of drug-likeness (QED) is 0.841. The zero-order chi connectivity index (χ0) is 13.1. The molecule has 0 bridgehead atoms. The van der Waals surface area contributed by atoms with Crippen LogP contribution in [-0.2, 0) is 19.4 Å². The summed E-state index contributed by atoms with van der Waals surface area (Å²) in [5.41, 5.74) is 9.25. The van der Waals surface area contributed by atoms with Crippen LogP contribution in [0.4, 0.5) is 5.82 Å². The van der Waals surface area contributed by atoms with Crippen LogP contribution in [0.5, 0.6) is 0 Å². The minimum atomic E-state index is -0.0304. The minimum Gasteiger partial charge on any atom is -0.364 e. The van der Waals surface area contributed by atoms with E-state index in [0.29, 0.717) is 6.54 Å². The third-order valence-electron chi connectivity index (χ3n) is 2.66. The van der Waals surface area contributed by atoms with Crippen LogP contribution >= 0.6 is 0 Å². The molecule has 0 fully saturated rings. The van der Waals surface area contributed by atoms with Gasteiger partial charge in [0.1, 0.15) is 0 Å². The predicted octanol–water partition coefficient (Wildman–Crippen LogP) is 2.27. The van der Waals surface area contributed by atoms with Crippen molar-refractivity contribution < 1.29 is 0 Å². The van der Waals surface area contributed by atoms with Crippen LogP contribution in [0, 0.1) is 0 Å².